The van der Waals surface area contributed by atoms with Crippen molar-refractivity contribution in [3.05, 3.63) is 69.3 Å². The van der Waals surface area contributed by atoms with E-state index in [-0.39, 0.29) is 30.4 Å². The molecule has 3 rings (SSSR count). The van der Waals surface area contributed by atoms with E-state index < -0.39 is 40.0 Å². The Hall–Kier alpha value is -3.89. The number of rotatable bonds is 7. The summed E-state index contributed by atoms with van der Waals surface area (Å²) < 4.78 is 19.2. The number of aromatic hydroxyl groups is 1. The second kappa shape index (κ2) is 8.69. The third-order valence-electron chi connectivity index (χ3n) is 4.79. The number of nitrogens with zero attached hydrogens (tertiary/aromatic N) is 4. The molecule has 32 heavy (non-hydrogen) atoms. The average Bonchev–Trinajstić information content (AvgIpc) is 3.17. The maximum absolute atomic E-state index is 13.1. The van der Waals surface area contributed by atoms with Gasteiger partial charge in [-0.2, -0.15) is 0 Å². The first-order chi connectivity index (χ1) is 15.0. The zero-order valence-corrected chi connectivity index (χ0v) is 18.0. The lowest BCUT2D eigenvalue weighted by atomic mass is 10.0. The number of carbonyl (C=O) groups excluding carboxylic acids is 2. The van der Waals surface area contributed by atoms with Gasteiger partial charge in [0.05, 0.1) is 5.54 Å². The minimum atomic E-state index is -1.24. The van der Waals surface area contributed by atoms with E-state index in [4.69, 9.17) is 4.42 Å². The molecule has 0 saturated carbocycles. The molecule has 1 aromatic carbocycles. The molecule has 0 atom stereocenters. The maximum atomic E-state index is 13.1. The summed E-state index contributed by atoms with van der Waals surface area (Å²) in [6.45, 7) is 4.67. The fourth-order valence-corrected chi connectivity index (χ4v) is 3.15. The van der Waals surface area contributed by atoms with Crippen LogP contribution in [-0.4, -0.2) is 36.5 Å². The van der Waals surface area contributed by atoms with Gasteiger partial charge in [-0.3, -0.25) is 19.0 Å². The molecular weight excluding hydrogens is 421 g/mol. The Balaban J connectivity index is 1.88. The maximum Gasteiger partial charge on any atom is 0.309 e. The highest BCUT2D eigenvalue weighted by molar-refractivity contribution is 5.96. The summed E-state index contributed by atoms with van der Waals surface area (Å²) in [5.74, 6) is -2.46. The smallest absolute Gasteiger partial charge is 0.309 e. The first kappa shape index (κ1) is 22.8. The molecular formula is C21H22FN5O5. The zero-order chi connectivity index (χ0) is 23.6. The van der Waals surface area contributed by atoms with Crippen LogP contribution in [0.5, 0.6) is 5.75 Å². The van der Waals surface area contributed by atoms with Crippen LogP contribution in [0.3, 0.4) is 0 Å². The van der Waals surface area contributed by atoms with Crippen molar-refractivity contribution in [3.8, 4) is 5.75 Å². The topological polar surface area (TPSA) is 140 Å². The van der Waals surface area contributed by atoms with Crippen LogP contribution in [0.15, 0.2) is 33.5 Å². The van der Waals surface area contributed by atoms with Gasteiger partial charge in [0, 0.05) is 20.4 Å². The number of hydrogen-bond acceptors (Lipinski definition) is 8. The molecule has 2 aromatic heterocycles. The van der Waals surface area contributed by atoms with Crippen LogP contribution in [0, 0.1) is 12.7 Å². The van der Waals surface area contributed by atoms with Crippen LogP contribution >= 0.6 is 0 Å². The number of halogens is 1. The van der Waals surface area contributed by atoms with Crippen molar-refractivity contribution in [3.63, 3.8) is 0 Å². The standard InChI is InChI=1S/C21H22FN5O5/c1-11-25-26-18(32-11)17(30)24-21(2,3)20-23-15(16(29)19(31)27(20)4)14(28)10-7-12-5-8-13(22)9-6-12/h5-6,8-9,29H,7,10H2,1-4H3,(H,24,30). The third-order valence-corrected chi connectivity index (χ3v) is 4.79. The van der Waals surface area contributed by atoms with E-state index >= 15 is 0 Å². The average molecular weight is 443 g/mol. The molecule has 11 heteroatoms. The molecule has 2 heterocycles. The summed E-state index contributed by atoms with van der Waals surface area (Å²) in [5.41, 5.74) is -1.77. The van der Waals surface area contributed by atoms with E-state index in [1.165, 1.54) is 26.1 Å². The molecule has 2 N–H and O–H groups in total. The van der Waals surface area contributed by atoms with Crippen molar-refractivity contribution in [2.24, 2.45) is 7.05 Å². The van der Waals surface area contributed by atoms with Crippen molar-refractivity contribution in [2.45, 2.75) is 39.2 Å². The lowest BCUT2D eigenvalue weighted by Gasteiger charge is -2.27. The number of benzene rings is 1. The van der Waals surface area contributed by atoms with Crippen molar-refractivity contribution in [1.82, 2.24) is 25.1 Å². The van der Waals surface area contributed by atoms with Gasteiger partial charge >= 0.3 is 11.8 Å². The lowest BCUT2D eigenvalue weighted by molar-refractivity contribution is 0.0869. The van der Waals surface area contributed by atoms with Crippen LogP contribution in [0.4, 0.5) is 4.39 Å². The third kappa shape index (κ3) is 4.71. The molecule has 0 spiro atoms. The SMILES string of the molecule is Cc1nnc(C(=O)NC(C)(C)c2nc(C(=O)CCc3ccc(F)cc3)c(O)c(=O)n2C)o1. The number of Topliss-reactive ketones (excluding diaryl/α,β-unsaturated/α-hetero) is 1. The van der Waals surface area contributed by atoms with E-state index in [2.05, 4.69) is 20.5 Å². The molecule has 1 amide bonds. The van der Waals surface area contributed by atoms with Gasteiger partial charge in [0.15, 0.2) is 11.5 Å². The van der Waals surface area contributed by atoms with Gasteiger partial charge in [0.25, 0.3) is 5.56 Å². The minimum absolute atomic E-state index is 0.0371. The molecule has 3 aromatic rings. The normalized spacial score (nSPS) is 11.4. The van der Waals surface area contributed by atoms with Crippen molar-refractivity contribution in [2.75, 3.05) is 0 Å². The molecule has 0 bridgehead atoms. The summed E-state index contributed by atoms with van der Waals surface area (Å²) >= 11 is 0. The van der Waals surface area contributed by atoms with E-state index in [9.17, 15) is 23.9 Å². The van der Waals surface area contributed by atoms with Crippen LogP contribution in [-0.2, 0) is 19.0 Å². The van der Waals surface area contributed by atoms with Gasteiger partial charge in [-0.05, 0) is 38.0 Å². The molecule has 168 valence electrons. The minimum Gasteiger partial charge on any atom is -0.501 e. The summed E-state index contributed by atoms with van der Waals surface area (Å²) in [5, 5.41) is 20.1. The number of hydrogen-bond donors (Lipinski definition) is 2. The Bertz CT molecular complexity index is 1230. The molecule has 0 saturated heterocycles. The summed E-state index contributed by atoms with van der Waals surface area (Å²) in [4.78, 5) is 41.9. The largest absolute Gasteiger partial charge is 0.501 e. The lowest BCUT2D eigenvalue weighted by Crippen LogP contribution is -2.45. The Morgan fingerprint density at radius 2 is 1.88 bits per heavy atom. The van der Waals surface area contributed by atoms with E-state index in [1.54, 1.807) is 26.0 Å². The number of aryl methyl sites for hydroxylation is 2. The summed E-state index contributed by atoms with van der Waals surface area (Å²) in [6.07, 6.45) is 0.203. The second-order valence-corrected chi connectivity index (χ2v) is 7.75. The van der Waals surface area contributed by atoms with Gasteiger partial charge in [-0.1, -0.05) is 12.1 Å². The number of aromatic nitrogens is 4. The number of ketones is 1. The van der Waals surface area contributed by atoms with Crippen LogP contribution in [0.1, 0.15) is 58.7 Å². The van der Waals surface area contributed by atoms with E-state index in [0.717, 1.165) is 4.57 Å². The van der Waals surface area contributed by atoms with Gasteiger partial charge in [-0.25, -0.2) is 9.37 Å². The van der Waals surface area contributed by atoms with Crippen molar-refractivity contribution >= 4 is 11.7 Å². The number of amides is 1. The van der Waals surface area contributed by atoms with Gasteiger partial charge < -0.3 is 14.8 Å². The van der Waals surface area contributed by atoms with Crippen molar-refractivity contribution < 1.29 is 23.5 Å². The first-order valence-corrected chi connectivity index (χ1v) is 9.70. The zero-order valence-electron chi connectivity index (χ0n) is 18.0. The van der Waals surface area contributed by atoms with Crippen LogP contribution in [0.25, 0.3) is 0 Å². The Kier molecular flexibility index (Phi) is 6.19. The highest BCUT2D eigenvalue weighted by Gasteiger charge is 2.32. The molecule has 0 aliphatic rings. The van der Waals surface area contributed by atoms with Crippen molar-refractivity contribution in [1.29, 1.82) is 0 Å². The quantitative estimate of drug-likeness (QED) is 0.527. The van der Waals surface area contributed by atoms with E-state index in [1.807, 2.05) is 0 Å². The Labute approximate surface area is 182 Å². The molecule has 0 fully saturated rings. The van der Waals surface area contributed by atoms with Gasteiger partial charge in [-0.15, -0.1) is 10.2 Å². The molecule has 0 unspecified atom stereocenters. The molecule has 10 nitrogen and oxygen atoms in total. The van der Waals surface area contributed by atoms with Crippen LogP contribution in [0.2, 0.25) is 0 Å². The highest BCUT2D eigenvalue weighted by Crippen LogP contribution is 2.22. The predicted octanol–water partition coefficient (Wildman–Crippen LogP) is 1.80. The fourth-order valence-electron chi connectivity index (χ4n) is 3.15. The van der Waals surface area contributed by atoms with Crippen LogP contribution < -0.4 is 10.9 Å². The number of carbonyl (C=O) groups is 2. The Morgan fingerprint density at radius 3 is 2.47 bits per heavy atom. The predicted molar refractivity (Wildman–Crippen MR) is 110 cm³/mol. The monoisotopic (exact) mass is 443 g/mol. The molecule has 0 aliphatic heterocycles. The second-order valence-electron chi connectivity index (χ2n) is 7.75. The van der Waals surface area contributed by atoms with E-state index in [0.29, 0.717) is 5.56 Å². The molecule has 0 radical (unpaired) electrons. The number of nitrogens with one attached hydrogen (secondary N) is 1. The Morgan fingerprint density at radius 1 is 1.22 bits per heavy atom. The summed E-state index contributed by atoms with van der Waals surface area (Å²) in [6, 6.07) is 5.65. The fraction of sp³-hybridized carbons (Fsp3) is 0.333. The van der Waals surface area contributed by atoms with Gasteiger partial charge in [0.1, 0.15) is 11.6 Å². The molecule has 0 aliphatic carbocycles. The first-order valence-electron chi connectivity index (χ1n) is 9.70. The highest BCUT2D eigenvalue weighted by atomic mass is 19.1. The van der Waals surface area contributed by atoms with Gasteiger partial charge in [0.2, 0.25) is 11.6 Å². The summed E-state index contributed by atoms with van der Waals surface area (Å²) in [7, 11) is 1.36.